The first-order valence-corrected chi connectivity index (χ1v) is 4.99. The van der Waals surface area contributed by atoms with Gasteiger partial charge in [0.15, 0.2) is 0 Å². The van der Waals surface area contributed by atoms with Gasteiger partial charge in [0.25, 0.3) is 0 Å². The Morgan fingerprint density at radius 3 is 2.73 bits per heavy atom. The minimum atomic E-state index is 0.495. The van der Waals surface area contributed by atoms with E-state index in [0.29, 0.717) is 24.3 Å². The second kappa shape index (κ2) is 2.79. The highest BCUT2D eigenvalue weighted by molar-refractivity contribution is 6.20. The zero-order valence-electron chi connectivity index (χ0n) is 8.22. The Bertz CT molecular complexity index is 578. The molecule has 1 aliphatic carbocycles. The minimum absolute atomic E-state index is 0.495. The molecule has 3 heteroatoms. The molecule has 0 bridgehead atoms. The monoisotopic (exact) mass is 197 g/mol. The van der Waals surface area contributed by atoms with Crippen molar-refractivity contribution in [1.82, 2.24) is 4.98 Å². The van der Waals surface area contributed by atoms with Gasteiger partial charge >= 0.3 is 0 Å². The van der Waals surface area contributed by atoms with Gasteiger partial charge in [-0.05, 0) is 6.07 Å². The smallest absolute Gasteiger partial charge is 0.0466 e. The lowest BCUT2D eigenvalue weighted by atomic mass is 9.92. The summed E-state index contributed by atoms with van der Waals surface area (Å²) in [7, 11) is 0. The summed E-state index contributed by atoms with van der Waals surface area (Å²) in [5, 5.41) is 16.7. The molecule has 0 unspecified atom stereocenters. The number of hydrogen-bond donors (Lipinski definition) is 3. The van der Waals surface area contributed by atoms with E-state index in [-0.39, 0.29) is 0 Å². The number of fused-ring (bicyclic) bond motifs is 3. The molecule has 0 radical (unpaired) electrons. The highest BCUT2D eigenvalue weighted by Crippen LogP contribution is 2.27. The summed E-state index contributed by atoms with van der Waals surface area (Å²) in [5.74, 6) is 0. The predicted octanol–water partition coefficient (Wildman–Crippen LogP) is 2.50. The number of nitrogens with one attached hydrogen (secondary N) is 3. The second-order valence-electron chi connectivity index (χ2n) is 3.96. The highest BCUT2D eigenvalue weighted by Gasteiger charge is 2.22. The van der Waals surface area contributed by atoms with Crippen molar-refractivity contribution in [2.75, 3.05) is 0 Å². The van der Waals surface area contributed by atoms with Gasteiger partial charge < -0.3 is 15.8 Å². The van der Waals surface area contributed by atoms with E-state index >= 15 is 0 Å². The van der Waals surface area contributed by atoms with E-state index < -0.39 is 0 Å². The Morgan fingerprint density at radius 2 is 1.87 bits per heavy atom. The van der Waals surface area contributed by atoms with E-state index in [1.807, 2.05) is 24.3 Å². The number of hydrogen-bond acceptors (Lipinski definition) is 2. The van der Waals surface area contributed by atoms with E-state index in [4.69, 9.17) is 10.8 Å². The number of aromatic amines is 1. The summed E-state index contributed by atoms with van der Waals surface area (Å²) in [6.07, 6.45) is 1.15. The van der Waals surface area contributed by atoms with E-state index in [0.717, 1.165) is 22.2 Å². The van der Waals surface area contributed by atoms with Gasteiger partial charge in [-0.3, -0.25) is 0 Å². The summed E-state index contributed by atoms with van der Waals surface area (Å²) in [6.45, 7) is 0. The molecular formula is C12H11N3. The van der Waals surface area contributed by atoms with Crippen LogP contribution in [0.3, 0.4) is 0 Å². The molecule has 0 saturated carbocycles. The van der Waals surface area contributed by atoms with Gasteiger partial charge in [-0.25, -0.2) is 0 Å². The molecule has 3 rings (SSSR count). The molecular weight excluding hydrogens is 186 g/mol. The number of rotatable bonds is 0. The first kappa shape index (κ1) is 8.41. The summed E-state index contributed by atoms with van der Waals surface area (Å²) < 4.78 is 0. The molecule has 1 aliphatic rings. The lowest BCUT2D eigenvalue weighted by Gasteiger charge is -2.13. The van der Waals surface area contributed by atoms with Crippen molar-refractivity contribution < 1.29 is 0 Å². The maximum atomic E-state index is 7.94. The van der Waals surface area contributed by atoms with Crippen LogP contribution >= 0.6 is 0 Å². The third kappa shape index (κ3) is 1.13. The summed E-state index contributed by atoms with van der Waals surface area (Å²) in [6, 6.07) is 8.03. The maximum absolute atomic E-state index is 7.94. The van der Waals surface area contributed by atoms with Crippen LogP contribution in [0.5, 0.6) is 0 Å². The molecule has 3 N–H and O–H groups in total. The van der Waals surface area contributed by atoms with Gasteiger partial charge in [-0.2, -0.15) is 0 Å². The number of benzene rings is 1. The topological polar surface area (TPSA) is 63.5 Å². The van der Waals surface area contributed by atoms with Crippen molar-refractivity contribution in [3.05, 3.63) is 35.5 Å². The minimum Gasteiger partial charge on any atom is -0.358 e. The largest absolute Gasteiger partial charge is 0.358 e. The Kier molecular flexibility index (Phi) is 1.57. The molecule has 3 nitrogen and oxygen atoms in total. The molecule has 2 aromatic rings. The van der Waals surface area contributed by atoms with Gasteiger partial charge in [0.05, 0.1) is 0 Å². The Balaban J connectivity index is 2.36. The van der Waals surface area contributed by atoms with E-state index in [9.17, 15) is 0 Å². The number of aromatic nitrogens is 1. The number of H-pyrrole nitrogens is 1. The molecule has 0 spiro atoms. The fraction of sp³-hybridized carbons (Fsp3) is 0.167. The SMILES string of the molecule is N=C1CC(=N)c2c([nH]c3ccccc23)C1. The third-order valence-electron chi connectivity index (χ3n) is 2.87. The second-order valence-corrected chi connectivity index (χ2v) is 3.96. The van der Waals surface area contributed by atoms with Gasteiger partial charge in [0, 0.05) is 46.4 Å². The highest BCUT2D eigenvalue weighted by atomic mass is 14.7. The van der Waals surface area contributed by atoms with Crippen LogP contribution in [-0.4, -0.2) is 16.4 Å². The Morgan fingerprint density at radius 1 is 1.07 bits per heavy atom. The van der Waals surface area contributed by atoms with Crippen LogP contribution in [0, 0.1) is 10.8 Å². The first-order chi connectivity index (χ1) is 7.25. The zero-order valence-corrected chi connectivity index (χ0v) is 8.22. The fourth-order valence-corrected chi connectivity index (χ4v) is 2.25. The van der Waals surface area contributed by atoms with Crippen LogP contribution in [0.4, 0.5) is 0 Å². The molecule has 0 amide bonds. The van der Waals surface area contributed by atoms with Gasteiger partial charge in [0.2, 0.25) is 0 Å². The maximum Gasteiger partial charge on any atom is 0.0466 e. The first-order valence-electron chi connectivity index (χ1n) is 4.99. The average Bonchev–Trinajstić information content (AvgIpc) is 2.54. The molecule has 1 aromatic carbocycles. The van der Waals surface area contributed by atoms with Gasteiger partial charge in [-0.1, -0.05) is 18.2 Å². The van der Waals surface area contributed by atoms with Crippen molar-refractivity contribution in [2.24, 2.45) is 0 Å². The van der Waals surface area contributed by atoms with Crippen LogP contribution in [0.2, 0.25) is 0 Å². The summed E-state index contributed by atoms with van der Waals surface area (Å²) in [4.78, 5) is 3.30. The van der Waals surface area contributed by atoms with Crippen LogP contribution in [-0.2, 0) is 6.42 Å². The van der Waals surface area contributed by atoms with Crippen molar-refractivity contribution in [1.29, 1.82) is 10.8 Å². The average molecular weight is 197 g/mol. The third-order valence-corrected chi connectivity index (χ3v) is 2.87. The molecule has 1 aromatic heterocycles. The van der Waals surface area contributed by atoms with E-state index in [1.165, 1.54) is 0 Å². The molecule has 1 heterocycles. The molecule has 0 atom stereocenters. The molecule has 15 heavy (non-hydrogen) atoms. The zero-order chi connectivity index (χ0) is 10.4. The quantitative estimate of drug-likeness (QED) is 0.581. The van der Waals surface area contributed by atoms with E-state index in [2.05, 4.69) is 4.98 Å². The van der Waals surface area contributed by atoms with Crippen LogP contribution < -0.4 is 0 Å². The van der Waals surface area contributed by atoms with Gasteiger partial charge in [-0.15, -0.1) is 0 Å². The van der Waals surface area contributed by atoms with Gasteiger partial charge in [0.1, 0.15) is 0 Å². The summed E-state index contributed by atoms with van der Waals surface area (Å²) >= 11 is 0. The van der Waals surface area contributed by atoms with Crippen LogP contribution in [0.15, 0.2) is 24.3 Å². The molecule has 74 valence electrons. The van der Waals surface area contributed by atoms with Crippen molar-refractivity contribution in [2.45, 2.75) is 12.8 Å². The predicted molar refractivity (Wildman–Crippen MR) is 61.2 cm³/mol. The molecule has 0 aliphatic heterocycles. The van der Waals surface area contributed by atoms with Crippen molar-refractivity contribution >= 4 is 22.3 Å². The molecule has 0 saturated heterocycles. The normalized spacial score (nSPS) is 15.7. The summed E-state index contributed by atoms with van der Waals surface area (Å²) in [5.41, 5.74) is 4.30. The van der Waals surface area contributed by atoms with Crippen molar-refractivity contribution in [3.8, 4) is 0 Å². The number of para-hydroxylation sites is 1. The molecule has 0 fully saturated rings. The fourth-order valence-electron chi connectivity index (χ4n) is 2.25. The van der Waals surface area contributed by atoms with Crippen LogP contribution in [0.1, 0.15) is 17.7 Å². The lowest BCUT2D eigenvalue weighted by molar-refractivity contribution is 1.12. The Labute approximate surface area is 87.1 Å². The van der Waals surface area contributed by atoms with Crippen molar-refractivity contribution in [3.63, 3.8) is 0 Å². The standard InChI is InChI=1S/C12H11N3/c13-7-5-9(14)12-8-3-1-2-4-10(8)15-11(12)6-7/h1-4,13-15H,5-6H2. The van der Waals surface area contributed by atoms with E-state index in [1.54, 1.807) is 0 Å². The Hall–Kier alpha value is -1.90. The lowest BCUT2D eigenvalue weighted by Crippen LogP contribution is -2.18. The van der Waals surface area contributed by atoms with Crippen LogP contribution in [0.25, 0.3) is 10.9 Å².